The SMILES string of the molecule is N#Cc1c(C2CC2c2ccccc2OCC(=O)O)[nH]c(=S)[nH]c1=O. The molecule has 24 heavy (non-hydrogen) atoms. The van der Waals surface area contributed by atoms with E-state index in [1.54, 1.807) is 12.1 Å². The number of aromatic nitrogens is 2. The minimum Gasteiger partial charge on any atom is -0.482 e. The van der Waals surface area contributed by atoms with Crippen molar-refractivity contribution in [2.45, 2.75) is 18.3 Å². The van der Waals surface area contributed by atoms with Crippen LogP contribution in [0.4, 0.5) is 0 Å². The van der Waals surface area contributed by atoms with E-state index in [2.05, 4.69) is 9.97 Å². The van der Waals surface area contributed by atoms with Gasteiger partial charge in [-0.05, 0) is 36.2 Å². The van der Waals surface area contributed by atoms with Crippen molar-refractivity contribution in [3.63, 3.8) is 0 Å². The van der Waals surface area contributed by atoms with Gasteiger partial charge in [-0.15, -0.1) is 0 Å². The van der Waals surface area contributed by atoms with Crippen LogP contribution in [0.15, 0.2) is 29.1 Å². The fraction of sp³-hybridized carbons (Fsp3) is 0.250. The van der Waals surface area contributed by atoms with Crippen molar-refractivity contribution in [2.24, 2.45) is 0 Å². The molecule has 0 amide bonds. The third kappa shape index (κ3) is 3.07. The Morgan fingerprint density at radius 2 is 2.12 bits per heavy atom. The molecule has 1 aromatic carbocycles. The third-order valence-electron chi connectivity index (χ3n) is 3.91. The monoisotopic (exact) mass is 343 g/mol. The van der Waals surface area contributed by atoms with Gasteiger partial charge < -0.3 is 14.8 Å². The molecule has 0 bridgehead atoms. The zero-order valence-corrected chi connectivity index (χ0v) is 13.2. The van der Waals surface area contributed by atoms with E-state index in [0.717, 1.165) is 12.0 Å². The number of carbonyl (C=O) groups is 1. The van der Waals surface area contributed by atoms with Crippen molar-refractivity contribution in [3.05, 3.63) is 56.2 Å². The number of carboxylic acid groups (broad SMARTS) is 1. The van der Waals surface area contributed by atoms with Crippen LogP contribution in [0.5, 0.6) is 5.75 Å². The topological polar surface area (TPSA) is 119 Å². The van der Waals surface area contributed by atoms with Crippen molar-refractivity contribution in [1.82, 2.24) is 9.97 Å². The average Bonchev–Trinajstić information content (AvgIpc) is 3.33. The number of hydrogen-bond donors (Lipinski definition) is 3. The summed E-state index contributed by atoms with van der Waals surface area (Å²) in [4.78, 5) is 27.9. The van der Waals surface area contributed by atoms with E-state index in [0.29, 0.717) is 11.4 Å². The molecule has 0 radical (unpaired) electrons. The molecule has 2 aromatic rings. The molecular formula is C16H13N3O4S. The molecule has 1 heterocycles. The highest BCUT2D eigenvalue weighted by Crippen LogP contribution is 2.56. The summed E-state index contributed by atoms with van der Waals surface area (Å²) in [6.45, 7) is -0.425. The zero-order chi connectivity index (χ0) is 17.3. The Hall–Kier alpha value is -2.92. The van der Waals surface area contributed by atoms with E-state index in [1.165, 1.54) is 0 Å². The van der Waals surface area contributed by atoms with Gasteiger partial charge in [0.2, 0.25) is 0 Å². The number of nitriles is 1. The number of H-pyrrole nitrogens is 2. The Balaban J connectivity index is 1.92. The van der Waals surface area contributed by atoms with Crippen LogP contribution < -0.4 is 10.3 Å². The van der Waals surface area contributed by atoms with Crippen molar-refractivity contribution in [3.8, 4) is 11.8 Å². The first-order chi connectivity index (χ1) is 11.5. The predicted octanol–water partition coefficient (Wildman–Crippen LogP) is 2.04. The van der Waals surface area contributed by atoms with Crippen LogP contribution in [0, 0.1) is 16.1 Å². The number of hydrogen-bond acceptors (Lipinski definition) is 5. The smallest absolute Gasteiger partial charge is 0.341 e. The molecule has 8 heteroatoms. The first kappa shape index (κ1) is 16.0. The van der Waals surface area contributed by atoms with Crippen molar-refractivity contribution in [2.75, 3.05) is 6.61 Å². The average molecular weight is 343 g/mol. The Kier molecular flexibility index (Phi) is 4.18. The van der Waals surface area contributed by atoms with Gasteiger partial charge in [-0.2, -0.15) is 5.26 Å². The van der Waals surface area contributed by atoms with E-state index in [4.69, 9.17) is 22.1 Å². The molecule has 2 atom stereocenters. The first-order valence-corrected chi connectivity index (χ1v) is 7.62. The Morgan fingerprint density at radius 3 is 2.83 bits per heavy atom. The van der Waals surface area contributed by atoms with Crippen LogP contribution >= 0.6 is 12.2 Å². The van der Waals surface area contributed by atoms with Crippen molar-refractivity contribution < 1.29 is 14.6 Å². The maximum absolute atomic E-state index is 11.9. The summed E-state index contributed by atoms with van der Waals surface area (Å²) in [7, 11) is 0. The minimum atomic E-state index is -1.05. The van der Waals surface area contributed by atoms with Gasteiger partial charge in [0, 0.05) is 11.6 Å². The lowest BCUT2D eigenvalue weighted by molar-refractivity contribution is -0.139. The lowest BCUT2D eigenvalue weighted by Gasteiger charge is -2.10. The van der Waals surface area contributed by atoms with Gasteiger partial charge in [0.25, 0.3) is 5.56 Å². The van der Waals surface area contributed by atoms with Crippen LogP contribution in [-0.2, 0) is 4.79 Å². The predicted molar refractivity (Wildman–Crippen MR) is 86.6 cm³/mol. The summed E-state index contributed by atoms with van der Waals surface area (Å²) in [5.74, 6) is -0.579. The van der Waals surface area contributed by atoms with Crippen LogP contribution in [0.1, 0.15) is 35.1 Å². The second-order valence-corrected chi connectivity index (χ2v) is 5.89. The van der Waals surface area contributed by atoms with Crippen LogP contribution in [0.25, 0.3) is 0 Å². The number of carboxylic acids is 1. The molecule has 2 unspecified atom stereocenters. The lowest BCUT2D eigenvalue weighted by atomic mass is 10.0. The van der Waals surface area contributed by atoms with Gasteiger partial charge in [-0.1, -0.05) is 18.2 Å². The number of ether oxygens (including phenoxy) is 1. The highest BCUT2D eigenvalue weighted by Gasteiger charge is 2.43. The number of benzene rings is 1. The number of rotatable bonds is 5. The van der Waals surface area contributed by atoms with Gasteiger partial charge in [-0.3, -0.25) is 9.78 Å². The second-order valence-electron chi connectivity index (χ2n) is 5.48. The lowest BCUT2D eigenvalue weighted by Crippen LogP contribution is -2.15. The van der Waals surface area contributed by atoms with Gasteiger partial charge in [0.05, 0.1) is 0 Å². The van der Waals surface area contributed by atoms with Gasteiger partial charge in [0.15, 0.2) is 11.4 Å². The normalized spacial score (nSPS) is 18.6. The molecule has 3 rings (SSSR count). The number of aromatic amines is 2. The van der Waals surface area contributed by atoms with Gasteiger partial charge in [0.1, 0.15) is 17.4 Å². The van der Waals surface area contributed by atoms with Gasteiger partial charge in [-0.25, -0.2) is 4.79 Å². The molecule has 1 fully saturated rings. The highest BCUT2D eigenvalue weighted by molar-refractivity contribution is 7.71. The Morgan fingerprint density at radius 1 is 1.38 bits per heavy atom. The van der Waals surface area contributed by atoms with E-state index in [9.17, 15) is 14.9 Å². The summed E-state index contributed by atoms with van der Waals surface area (Å²) in [6, 6.07) is 9.07. The molecule has 1 saturated carbocycles. The zero-order valence-electron chi connectivity index (χ0n) is 12.4. The molecule has 7 nitrogen and oxygen atoms in total. The standard InChI is InChI=1S/C16H13N3O4S/c17-6-11-14(18-16(24)19-15(11)22)10-5-9(10)8-3-1-2-4-12(8)23-7-13(20)21/h1-4,9-10H,5,7H2,(H,20,21)(H2,18,19,22,24). The molecule has 3 N–H and O–H groups in total. The number of para-hydroxylation sites is 1. The fourth-order valence-corrected chi connectivity index (χ4v) is 3.01. The summed E-state index contributed by atoms with van der Waals surface area (Å²) in [5, 5.41) is 18.0. The molecule has 1 aromatic heterocycles. The largest absolute Gasteiger partial charge is 0.482 e. The van der Waals surface area contributed by atoms with Crippen LogP contribution in [0.3, 0.4) is 0 Å². The summed E-state index contributed by atoms with van der Waals surface area (Å²) in [6.07, 6.45) is 0.719. The molecule has 122 valence electrons. The Bertz CT molecular complexity index is 957. The van der Waals surface area contributed by atoms with Crippen molar-refractivity contribution >= 4 is 18.2 Å². The van der Waals surface area contributed by atoms with Crippen LogP contribution in [0.2, 0.25) is 0 Å². The summed E-state index contributed by atoms with van der Waals surface area (Å²) < 4.78 is 5.50. The van der Waals surface area contributed by atoms with Crippen LogP contribution in [-0.4, -0.2) is 27.7 Å². The third-order valence-corrected chi connectivity index (χ3v) is 4.12. The number of nitrogens with zero attached hydrogens (tertiary/aromatic N) is 1. The highest BCUT2D eigenvalue weighted by atomic mass is 32.1. The summed E-state index contributed by atoms with van der Waals surface area (Å²) >= 11 is 4.98. The molecular weight excluding hydrogens is 330 g/mol. The molecule has 0 spiro atoms. The molecule has 1 aliphatic carbocycles. The molecule has 0 aliphatic heterocycles. The number of aliphatic carboxylic acids is 1. The molecule has 0 saturated heterocycles. The van der Waals surface area contributed by atoms with E-state index < -0.39 is 18.1 Å². The van der Waals surface area contributed by atoms with Gasteiger partial charge >= 0.3 is 5.97 Å². The van der Waals surface area contributed by atoms with E-state index >= 15 is 0 Å². The first-order valence-electron chi connectivity index (χ1n) is 7.21. The van der Waals surface area contributed by atoms with E-state index in [-0.39, 0.29) is 22.2 Å². The minimum absolute atomic E-state index is 0.0278. The quantitative estimate of drug-likeness (QED) is 0.715. The fourth-order valence-electron chi connectivity index (χ4n) is 2.81. The van der Waals surface area contributed by atoms with Crippen molar-refractivity contribution in [1.29, 1.82) is 5.26 Å². The second kappa shape index (κ2) is 6.29. The molecule has 1 aliphatic rings. The maximum Gasteiger partial charge on any atom is 0.341 e. The maximum atomic E-state index is 11.9. The summed E-state index contributed by atoms with van der Waals surface area (Å²) in [5.41, 5.74) is 0.897. The Labute approximate surface area is 141 Å². The number of nitrogens with one attached hydrogen (secondary N) is 2. The van der Waals surface area contributed by atoms with E-state index in [1.807, 2.05) is 18.2 Å².